The van der Waals surface area contributed by atoms with E-state index in [-0.39, 0.29) is 11.9 Å². The summed E-state index contributed by atoms with van der Waals surface area (Å²) in [4.78, 5) is 8.38. The van der Waals surface area contributed by atoms with Crippen molar-refractivity contribution in [3.8, 4) is 0 Å². The Morgan fingerprint density at radius 2 is 2.11 bits per heavy atom. The highest BCUT2D eigenvalue weighted by Gasteiger charge is 2.11. The monoisotopic (exact) mass is 309 g/mol. The van der Waals surface area contributed by atoms with Crippen LogP contribution in [0, 0.1) is 12.7 Å². The van der Waals surface area contributed by atoms with Crippen molar-refractivity contribution in [3.63, 3.8) is 0 Å². The molecule has 0 amide bonds. The molecule has 2 rings (SSSR count). The van der Waals surface area contributed by atoms with E-state index in [1.165, 1.54) is 12.1 Å². The van der Waals surface area contributed by atoms with E-state index in [4.69, 9.17) is 5.73 Å². The Balaban J connectivity index is 2.18. The van der Waals surface area contributed by atoms with Gasteiger partial charge in [0.05, 0.1) is 23.6 Å². The Kier molecular flexibility index (Phi) is 4.04. The molecular weight excluding hydrogens is 297 g/mol. The van der Waals surface area contributed by atoms with Crippen LogP contribution in [0.25, 0.3) is 0 Å². The first-order chi connectivity index (χ1) is 8.56. The fraction of sp³-hybridized carbons (Fsp3) is 0.231. The topological polar surface area (TPSA) is 51.8 Å². The van der Waals surface area contributed by atoms with Crippen LogP contribution in [0.5, 0.6) is 0 Å². The van der Waals surface area contributed by atoms with Crippen molar-refractivity contribution >= 4 is 15.9 Å². The molecule has 0 aliphatic heterocycles. The number of nitrogens with zero attached hydrogens (tertiary/aromatic N) is 2. The molecule has 0 aliphatic carbocycles. The summed E-state index contributed by atoms with van der Waals surface area (Å²) in [5.74, 6) is -0.268. The minimum Gasteiger partial charge on any atom is -0.322 e. The first kappa shape index (κ1) is 13.1. The van der Waals surface area contributed by atoms with E-state index in [1.807, 2.05) is 6.92 Å². The molecule has 18 heavy (non-hydrogen) atoms. The highest BCUT2D eigenvalue weighted by molar-refractivity contribution is 9.10. The van der Waals surface area contributed by atoms with E-state index in [2.05, 4.69) is 25.9 Å². The van der Waals surface area contributed by atoms with Crippen molar-refractivity contribution in [2.45, 2.75) is 19.4 Å². The maximum Gasteiger partial charge on any atom is 0.123 e. The largest absolute Gasteiger partial charge is 0.322 e. The van der Waals surface area contributed by atoms with Gasteiger partial charge in [-0.3, -0.25) is 9.97 Å². The number of aryl methyl sites for hydroxylation is 1. The maximum atomic E-state index is 13.2. The highest BCUT2D eigenvalue weighted by atomic mass is 79.9. The molecule has 1 unspecified atom stereocenters. The summed E-state index contributed by atoms with van der Waals surface area (Å²) < 4.78 is 14.0. The summed E-state index contributed by atoms with van der Waals surface area (Å²) in [6.07, 6.45) is 3.85. The van der Waals surface area contributed by atoms with Gasteiger partial charge in [0, 0.05) is 10.7 Å². The Labute approximate surface area is 113 Å². The summed E-state index contributed by atoms with van der Waals surface area (Å²) in [5.41, 5.74) is 8.42. The normalized spacial score (nSPS) is 12.4. The van der Waals surface area contributed by atoms with Crippen molar-refractivity contribution in [2.75, 3.05) is 0 Å². The SMILES string of the molecule is Cc1cnc(C(N)Cc2cc(F)ccc2Br)cn1. The number of hydrogen-bond donors (Lipinski definition) is 1. The average Bonchev–Trinajstić information content (AvgIpc) is 2.34. The van der Waals surface area contributed by atoms with Gasteiger partial charge in [-0.25, -0.2) is 4.39 Å². The Morgan fingerprint density at radius 1 is 1.33 bits per heavy atom. The predicted molar refractivity (Wildman–Crippen MR) is 71.5 cm³/mol. The Morgan fingerprint density at radius 3 is 2.78 bits per heavy atom. The number of benzene rings is 1. The summed E-state index contributed by atoms with van der Waals surface area (Å²) in [7, 11) is 0. The number of aromatic nitrogens is 2. The van der Waals surface area contributed by atoms with Crippen LogP contribution in [0.2, 0.25) is 0 Å². The smallest absolute Gasteiger partial charge is 0.123 e. The quantitative estimate of drug-likeness (QED) is 0.948. The molecule has 94 valence electrons. The molecule has 0 aliphatic rings. The molecule has 1 aromatic heterocycles. The van der Waals surface area contributed by atoms with Crippen LogP contribution >= 0.6 is 15.9 Å². The number of hydrogen-bond acceptors (Lipinski definition) is 3. The van der Waals surface area contributed by atoms with Crippen LogP contribution in [0.15, 0.2) is 35.1 Å². The van der Waals surface area contributed by atoms with Gasteiger partial charge in [-0.2, -0.15) is 0 Å². The van der Waals surface area contributed by atoms with E-state index < -0.39 is 0 Å². The van der Waals surface area contributed by atoms with Crippen LogP contribution < -0.4 is 5.73 Å². The van der Waals surface area contributed by atoms with E-state index in [9.17, 15) is 4.39 Å². The van der Waals surface area contributed by atoms with Gasteiger partial charge >= 0.3 is 0 Å². The van der Waals surface area contributed by atoms with Gasteiger partial charge in [-0.1, -0.05) is 15.9 Å². The standard InChI is InChI=1S/C13H13BrFN3/c1-8-6-18-13(7-17-8)12(16)5-9-4-10(15)2-3-11(9)14/h2-4,6-7,12H,5,16H2,1H3. The number of rotatable bonds is 3. The van der Waals surface area contributed by atoms with Crippen LogP contribution in [0.4, 0.5) is 4.39 Å². The molecule has 1 heterocycles. The first-order valence-electron chi connectivity index (χ1n) is 5.54. The fourth-order valence-corrected chi connectivity index (χ4v) is 2.04. The zero-order valence-electron chi connectivity index (χ0n) is 9.90. The van der Waals surface area contributed by atoms with Crippen LogP contribution in [-0.2, 0) is 6.42 Å². The van der Waals surface area contributed by atoms with Crippen molar-refractivity contribution in [1.82, 2.24) is 9.97 Å². The third-order valence-corrected chi connectivity index (χ3v) is 3.40. The summed E-state index contributed by atoms with van der Waals surface area (Å²) in [6, 6.07) is 4.27. The number of halogens is 2. The molecule has 5 heteroatoms. The lowest BCUT2D eigenvalue weighted by Gasteiger charge is -2.12. The third kappa shape index (κ3) is 3.11. The van der Waals surface area contributed by atoms with Gasteiger partial charge in [0.25, 0.3) is 0 Å². The zero-order valence-corrected chi connectivity index (χ0v) is 11.5. The second-order valence-corrected chi connectivity index (χ2v) is 4.98. The maximum absolute atomic E-state index is 13.2. The lowest BCUT2D eigenvalue weighted by Crippen LogP contribution is -2.15. The Bertz CT molecular complexity index is 542. The van der Waals surface area contributed by atoms with Gasteiger partial charge in [0.1, 0.15) is 5.82 Å². The van der Waals surface area contributed by atoms with Gasteiger partial charge in [0.15, 0.2) is 0 Å². The van der Waals surface area contributed by atoms with Crippen molar-refractivity contribution in [3.05, 3.63) is 57.8 Å². The van der Waals surface area contributed by atoms with Crippen LogP contribution in [-0.4, -0.2) is 9.97 Å². The van der Waals surface area contributed by atoms with Crippen LogP contribution in [0.1, 0.15) is 23.0 Å². The lowest BCUT2D eigenvalue weighted by atomic mass is 10.0. The molecule has 3 nitrogen and oxygen atoms in total. The number of nitrogens with two attached hydrogens (primary N) is 1. The average molecular weight is 310 g/mol. The van der Waals surface area contributed by atoms with Crippen LogP contribution in [0.3, 0.4) is 0 Å². The fourth-order valence-electron chi connectivity index (χ4n) is 1.64. The predicted octanol–water partition coefficient (Wildman–Crippen LogP) is 2.93. The second-order valence-electron chi connectivity index (χ2n) is 4.13. The molecule has 2 aromatic rings. The van der Waals surface area contributed by atoms with Gasteiger partial charge in [-0.15, -0.1) is 0 Å². The third-order valence-electron chi connectivity index (χ3n) is 2.63. The second kappa shape index (κ2) is 5.54. The first-order valence-corrected chi connectivity index (χ1v) is 6.33. The van der Waals surface area contributed by atoms with E-state index in [1.54, 1.807) is 18.5 Å². The summed E-state index contributed by atoms with van der Waals surface area (Å²) >= 11 is 3.38. The van der Waals surface area contributed by atoms with E-state index in [0.717, 1.165) is 15.7 Å². The summed E-state index contributed by atoms with van der Waals surface area (Å²) in [5, 5.41) is 0. The molecule has 2 N–H and O–H groups in total. The van der Waals surface area contributed by atoms with Gasteiger partial charge in [-0.05, 0) is 37.1 Å². The van der Waals surface area contributed by atoms with E-state index >= 15 is 0 Å². The molecular formula is C13H13BrFN3. The van der Waals surface area contributed by atoms with Gasteiger partial charge in [0.2, 0.25) is 0 Å². The van der Waals surface area contributed by atoms with Crippen molar-refractivity contribution in [2.24, 2.45) is 5.73 Å². The van der Waals surface area contributed by atoms with Crippen molar-refractivity contribution < 1.29 is 4.39 Å². The molecule has 0 radical (unpaired) electrons. The molecule has 0 fully saturated rings. The summed E-state index contributed by atoms with van der Waals surface area (Å²) in [6.45, 7) is 1.87. The van der Waals surface area contributed by atoms with E-state index in [0.29, 0.717) is 12.1 Å². The molecule has 0 spiro atoms. The molecule has 0 saturated carbocycles. The lowest BCUT2D eigenvalue weighted by molar-refractivity contribution is 0.619. The molecule has 1 aromatic carbocycles. The van der Waals surface area contributed by atoms with Gasteiger partial charge < -0.3 is 5.73 Å². The Hall–Kier alpha value is -1.33. The minimum absolute atomic E-state index is 0.268. The minimum atomic E-state index is -0.295. The molecule has 0 saturated heterocycles. The molecule has 1 atom stereocenters. The molecule has 0 bridgehead atoms. The van der Waals surface area contributed by atoms with Crippen molar-refractivity contribution in [1.29, 1.82) is 0 Å². The highest BCUT2D eigenvalue weighted by Crippen LogP contribution is 2.22. The zero-order chi connectivity index (χ0) is 13.1.